The number of ether oxygens (including phenoxy) is 1. The van der Waals surface area contributed by atoms with Gasteiger partial charge < -0.3 is 15.8 Å². The molecule has 0 atom stereocenters. The third kappa shape index (κ3) is 3.69. The minimum absolute atomic E-state index is 0.238. The van der Waals surface area contributed by atoms with Crippen LogP contribution in [0.25, 0.3) is 0 Å². The van der Waals surface area contributed by atoms with Crippen LogP contribution in [0.15, 0.2) is 12.1 Å². The van der Waals surface area contributed by atoms with Gasteiger partial charge in [0.25, 0.3) is 5.91 Å². The molecule has 0 fully saturated rings. The van der Waals surface area contributed by atoms with Crippen LogP contribution in [0.4, 0.5) is 5.69 Å². The van der Waals surface area contributed by atoms with Crippen molar-refractivity contribution in [3.05, 3.63) is 38.3 Å². The lowest BCUT2D eigenvalue weighted by atomic mass is 10.1. The van der Waals surface area contributed by atoms with Crippen LogP contribution in [0, 0.1) is 13.8 Å². The average Bonchev–Trinajstić information content (AvgIpc) is 2.79. The molecule has 5 nitrogen and oxygen atoms in total. The molecule has 1 aromatic heterocycles. The Balaban J connectivity index is 2.03. The Bertz CT molecular complexity index is 700. The van der Waals surface area contributed by atoms with Gasteiger partial charge in [-0.2, -0.15) is 0 Å². The van der Waals surface area contributed by atoms with Crippen molar-refractivity contribution in [2.24, 2.45) is 0 Å². The molecule has 0 aliphatic rings. The monoisotopic (exact) mass is 339 g/mol. The summed E-state index contributed by atoms with van der Waals surface area (Å²) in [5, 5.41) is 4.23. The Morgan fingerprint density at radius 1 is 1.45 bits per heavy atom. The van der Waals surface area contributed by atoms with Crippen LogP contribution in [-0.4, -0.2) is 24.5 Å². The van der Waals surface area contributed by atoms with Crippen molar-refractivity contribution < 1.29 is 9.53 Å². The van der Waals surface area contributed by atoms with Gasteiger partial charge in [-0.25, -0.2) is 4.98 Å². The number of thiazole rings is 1. The fourth-order valence-corrected chi connectivity index (χ4v) is 3.21. The highest BCUT2D eigenvalue weighted by Crippen LogP contribution is 2.28. The summed E-state index contributed by atoms with van der Waals surface area (Å²) in [6.07, 6.45) is 0.744. The number of nitrogen functional groups attached to an aromatic ring is 1. The molecule has 22 heavy (non-hydrogen) atoms. The molecule has 1 aromatic carbocycles. The summed E-state index contributed by atoms with van der Waals surface area (Å²) in [6, 6.07) is 3.07. The van der Waals surface area contributed by atoms with Crippen LogP contribution in [0.2, 0.25) is 5.02 Å². The number of benzene rings is 1. The van der Waals surface area contributed by atoms with E-state index in [1.54, 1.807) is 17.4 Å². The normalized spacial score (nSPS) is 10.5. The quantitative estimate of drug-likeness (QED) is 0.821. The maximum atomic E-state index is 12.3. The number of nitrogens with zero attached hydrogens (tertiary/aromatic N) is 1. The standard InChI is InChI=1S/C15H18ClN3O2S/c1-8-14(22-9(2)19-8)4-5-18-15(20)10-6-11(16)12(17)7-13(10)21-3/h6-7H,4-5,17H2,1-3H3,(H,18,20). The Labute approximate surface area is 138 Å². The number of carbonyl (C=O) groups excluding carboxylic acids is 1. The molecule has 0 saturated heterocycles. The van der Waals surface area contributed by atoms with Crippen LogP contribution in [0.1, 0.15) is 25.9 Å². The molecule has 1 amide bonds. The van der Waals surface area contributed by atoms with E-state index in [2.05, 4.69) is 10.3 Å². The zero-order chi connectivity index (χ0) is 16.3. The lowest BCUT2D eigenvalue weighted by Gasteiger charge is -2.11. The third-order valence-corrected chi connectivity index (χ3v) is 4.66. The molecular formula is C15H18ClN3O2S. The first-order valence-electron chi connectivity index (χ1n) is 6.76. The molecule has 3 N–H and O–H groups in total. The van der Waals surface area contributed by atoms with Gasteiger partial charge in [0, 0.05) is 23.9 Å². The first-order chi connectivity index (χ1) is 10.4. The largest absolute Gasteiger partial charge is 0.496 e. The molecule has 0 unspecified atom stereocenters. The van der Waals surface area contributed by atoms with Crippen molar-refractivity contribution >= 4 is 34.5 Å². The molecule has 2 rings (SSSR count). The molecule has 0 bridgehead atoms. The summed E-state index contributed by atoms with van der Waals surface area (Å²) in [5.74, 6) is 0.168. The number of nitrogens with two attached hydrogens (primary N) is 1. The molecular weight excluding hydrogens is 322 g/mol. The number of aryl methyl sites for hydroxylation is 2. The molecule has 0 aliphatic heterocycles. The van der Waals surface area contributed by atoms with Crippen LogP contribution in [0.3, 0.4) is 0 Å². The van der Waals surface area contributed by atoms with Crippen LogP contribution in [0.5, 0.6) is 5.75 Å². The Morgan fingerprint density at radius 2 is 2.18 bits per heavy atom. The first kappa shape index (κ1) is 16.6. The molecule has 0 saturated carbocycles. The van der Waals surface area contributed by atoms with Gasteiger partial charge in [0.2, 0.25) is 0 Å². The minimum Gasteiger partial charge on any atom is -0.496 e. The van der Waals surface area contributed by atoms with Gasteiger partial charge >= 0.3 is 0 Å². The van der Waals surface area contributed by atoms with Gasteiger partial charge in [0.15, 0.2) is 0 Å². The number of nitrogens with one attached hydrogen (secondary N) is 1. The lowest BCUT2D eigenvalue weighted by molar-refractivity contribution is 0.0951. The second-order valence-corrected chi connectivity index (χ2v) is 6.52. The molecule has 0 aliphatic carbocycles. The van der Waals surface area contributed by atoms with Crippen molar-refractivity contribution in [3.63, 3.8) is 0 Å². The number of rotatable bonds is 5. The fourth-order valence-electron chi connectivity index (χ4n) is 2.11. The maximum absolute atomic E-state index is 12.3. The van der Waals surface area contributed by atoms with Crippen LogP contribution < -0.4 is 15.8 Å². The SMILES string of the molecule is COc1cc(N)c(Cl)cc1C(=O)NCCc1sc(C)nc1C. The molecule has 0 spiro atoms. The summed E-state index contributed by atoms with van der Waals surface area (Å²) >= 11 is 7.62. The van der Waals surface area contributed by atoms with Crippen molar-refractivity contribution in [3.8, 4) is 5.75 Å². The summed E-state index contributed by atoms with van der Waals surface area (Å²) in [6.45, 7) is 4.47. The second-order valence-electron chi connectivity index (χ2n) is 4.82. The summed E-state index contributed by atoms with van der Waals surface area (Å²) < 4.78 is 5.18. The van der Waals surface area contributed by atoms with E-state index in [1.165, 1.54) is 18.1 Å². The minimum atomic E-state index is -0.238. The predicted molar refractivity (Wildman–Crippen MR) is 90.0 cm³/mol. The number of anilines is 1. The van der Waals surface area contributed by atoms with E-state index in [-0.39, 0.29) is 5.91 Å². The van der Waals surface area contributed by atoms with E-state index in [1.807, 2.05) is 13.8 Å². The Morgan fingerprint density at radius 3 is 2.77 bits per heavy atom. The Kier molecular flexibility index (Phi) is 5.26. The fraction of sp³-hybridized carbons (Fsp3) is 0.333. The van der Waals surface area contributed by atoms with E-state index >= 15 is 0 Å². The zero-order valence-electron chi connectivity index (χ0n) is 12.7. The van der Waals surface area contributed by atoms with E-state index < -0.39 is 0 Å². The predicted octanol–water partition coefficient (Wildman–Crippen LogP) is 2.98. The number of hydrogen-bond acceptors (Lipinski definition) is 5. The Hall–Kier alpha value is -1.79. The first-order valence-corrected chi connectivity index (χ1v) is 7.96. The van der Waals surface area contributed by atoms with Gasteiger partial charge in [-0.3, -0.25) is 4.79 Å². The number of methoxy groups -OCH3 is 1. The van der Waals surface area contributed by atoms with Gasteiger partial charge in [-0.15, -0.1) is 11.3 Å². The molecule has 0 radical (unpaired) electrons. The van der Waals surface area contributed by atoms with Crippen molar-refractivity contribution in [1.29, 1.82) is 0 Å². The van der Waals surface area contributed by atoms with Crippen molar-refractivity contribution in [2.45, 2.75) is 20.3 Å². The third-order valence-electron chi connectivity index (χ3n) is 3.20. The smallest absolute Gasteiger partial charge is 0.255 e. The topological polar surface area (TPSA) is 77.2 Å². The van der Waals surface area contributed by atoms with Crippen molar-refractivity contribution in [2.75, 3.05) is 19.4 Å². The summed E-state index contributed by atoms with van der Waals surface area (Å²) in [4.78, 5) is 17.8. The number of carbonyl (C=O) groups is 1. The highest BCUT2D eigenvalue weighted by Gasteiger charge is 2.15. The second kappa shape index (κ2) is 6.98. The number of amides is 1. The van der Waals surface area contributed by atoms with E-state index in [4.69, 9.17) is 22.1 Å². The number of aromatic nitrogens is 1. The number of halogens is 1. The molecule has 118 valence electrons. The van der Waals surface area contributed by atoms with Crippen LogP contribution in [-0.2, 0) is 6.42 Å². The zero-order valence-corrected chi connectivity index (χ0v) is 14.3. The molecule has 2 aromatic rings. The van der Waals surface area contributed by atoms with E-state index in [0.29, 0.717) is 28.6 Å². The molecule has 1 heterocycles. The summed E-state index contributed by atoms with van der Waals surface area (Å²) in [7, 11) is 1.49. The van der Waals surface area contributed by atoms with E-state index in [0.717, 1.165) is 17.1 Å². The maximum Gasteiger partial charge on any atom is 0.255 e. The average molecular weight is 340 g/mol. The lowest BCUT2D eigenvalue weighted by Crippen LogP contribution is -2.26. The van der Waals surface area contributed by atoms with Gasteiger partial charge in [0.1, 0.15) is 5.75 Å². The number of hydrogen-bond donors (Lipinski definition) is 2. The van der Waals surface area contributed by atoms with Crippen molar-refractivity contribution in [1.82, 2.24) is 10.3 Å². The summed E-state index contributed by atoms with van der Waals surface area (Å²) in [5.41, 5.74) is 7.48. The van der Waals surface area contributed by atoms with Gasteiger partial charge in [-0.05, 0) is 19.9 Å². The highest BCUT2D eigenvalue weighted by molar-refractivity contribution is 7.11. The van der Waals surface area contributed by atoms with E-state index in [9.17, 15) is 4.79 Å². The molecule has 7 heteroatoms. The van der Waals surface area contributed by atoms with Gasteiger partial charge in [0.05, 0.1) is 34.1 Å². The van der Waals surface area contributed by atoms with Crippen LogP contribution >= 0.6 is 22.9 Å². The van der Waals surface area contributed by atoms with Gasteiger partial charge in [-0.1, -0.05) is 11.6 Å². The highest BCUT2D eigenvalue weighted by atomic mass is 35.5.